The van der Waals surface area contributed by atoms with Crippen LogP contribution in [-0.4, -0.2) is 63.8 Å². The summed E-state index contributed by atoms with van der Waals surface area (Å²) in [5, 5.41) is 5.64. The number of carbonyl (C=O) groups is 1. The number of ether oxygens (including phenoxy) is 1. The summed E-state index contributed by atoms with van der Waals surface area (Å²) in [6, 6.07) is 12.5. The molecule has 0 spiro atoms. The third-order valence-corrected chi connectivity index (χ3v) is 6.53. The van der Waals surface area contributed by atoms with Crippen LogP contribution in [0.25, 0.3) is 11.4 Å². The van der Waals surface area contributed by atoms with Crippen LogP contribution >= 0.6 is 0 Å². The molecule has 2 aliphatic rings. The number of morpholine rings is 1. The minimum absolute atomic E-state index is 0.327. The summed E-state index contributed by atoms with van der Waals surface area (Å²) >= 11 is 0. The first-order valence-electron chi connectivity index (χ1n) is 12.6. The van der Waals surface area contributed by atoms with E-state index in [-0.39, 0.29) is 6.03 Å². The van der Waals surface area contributed by atoms with Crippen LogP contribution in [0.3, 0.4) is 0 Å². The van der Waals surface area contributed by atoms with E-state index in [2.05, 4.69) is 35.4 Å². The molecule has 1 saturated heterocycles. The maximum atomic E-state index is 12.4. The highest BCUT2D eigenvalue weighted by molar-refractivity contribution is 5.99. The Morgan fingerprint density at radius 2 is 1.53 bits per heavy atom. The minimum atomic E-state index is -0.327. The molecule has 1 aromatic carbocycles. The van der Waals surface area contributed by atoms with Crippen molar-refractivity contribution in [3.05, 3.63) is 78.5 Å². The average Bonchev–Trinajstić information content (AvgIpc) is 2.98. The van der Waals surface area contributed by atoms with Gasteiger partial charge in [-0.2, -0.15) is 0 Å². The van der Waals surface area contributed by atoms with E-state index in [1.807, 2.05) is 30.3 Å². The Balaban J connectivity index is 1.26. The molecule has 3 aromatic heterocycles. The number of hydrogen-bond acceptors (Lipinski definition) is 9. The molecule has 4 aromatic rings. The molecule has 0 unspecified atom stereocenters. The lowest BCUT2D eigenvalue weighted by Gasteiger charge is -2.34. The Kier molecular flexibility index (Phi) is 6.73. The molecular formula is C27H27N9O2. The molecule has 2 N–H and O–H groups in total. The topological polar surface area (TPSA) is 121 Å². The molecule has 0 aliphatic carbocycles. The highest BCUT2D eigenvalue weighted by Gasteiger charge is 2.27. The zero-order chi connectivity index (χ0) is 25.7. The van der Waals surface area contributed by atoms with Crippen LogP contribution in [0.1, 0.15) is 11.3 Å². The smallest absolute Gasteiger partial charge is 0.323 e. The van der Waals surface area contributed by atoms with Crippen molar-refractivity contribution in [2.24, 2.45) is 0 Å². The number of hydrogen-bond donors (Lipinski definition) is 2. The van der Waals surface area contributed by atoms with Gasteiger partial charge in [-0.15, -0.1) is 0 Å². The summed E-state index contributed by atoms with van der Waals surface area (Å²) in [4.78, 5) is 39.6. The summed E-state index contributed by atoms with van der Waals surface area (Å²) in [7, 11) is 0. The lowest BCUT2D eigenvalue weighted by Crippen LogP contribution is -2.39. The van der Waals surface area contributed by atoms with Crippen molar-refractivity contribution >= 4 is 29.2 Å². The lowest BCUT2D eigenvalue weighted by molar-refractivity contribution is 0.122. The average molecular weight is 510 g/mol. The monoisotopic (exact) mass is 509 g/mol. The molecule has 38 heavy (non-hydrogen) atoms. The van der Waals surface area contributed by atoms with E-state index in [4.69, 9.17) is 14.7 Å². The van der Waals surface area contributed by atoms with E-state index >= 15 is 0 Å². The number of pyridine rings is 1. The molecule has 2 amide bonds. The number of anilines is 4. The number of aromatic nitrogens is 5. The first-order chi connectivity index (χ1) is 18.7. The van der Waals surface area contributed by atoms with Crippen LogP contribution in [0, 0.1) is 0 Å². The van der Waals surface area contributed by atoms with Gasteiger partial charge >= 0.3 is 6.03 Å². The quantitative estimate of drug-likeness (QED) is 0.417. The molecule has 0 bridgehead atoms. The van der Waals surface area contributed by atoms with E-state index in [9.17, 15) is 4.79 Å². The normalized spacial score (nSPS) is 15.1. The molecule has 0 saturated carbocycles. The van der Waals surface area contributed by atoms with E-state index in [0.29, 0.717) is 42.9 Å². The van der Waals surface area contributed by atoms with E-state index in [1.165, 1.54) is 5.56 Å². The van der Waals surface area contributed by atoms with Gasteiger partial charge in [0.25, 0.3) is 0 Å². The number of benzene rings is 1. The predicted octanol–water partition coefficient (Wildman–Crippen LogP) is 3.37. The lowest BCUT2D eigenvalue weighted by atomic mass is 10.0. The largest absolute Gasteiger partial charge is 0.378 e. The number of nitrogens with zero attached hydrogens (tertiary/aromatic N) is 7. The summed E-state index contributed by atoms with van der Waals surface area (Å²) < 4.78 is 5.58. The van der Waals surface area contributed by atoms with Crippen LogP contribution in [0.15, 0.2) is 67.3 Å². The maximum absolute atomic E-state index is 12.4. The Hall–Kier alpha value is -4.64. The van der Waals surface area contributed by atoms with Crippen molar-refractivity contribution in [2.45, 2.75) is 13.0 Å². The Morgan fingerprint density at radius 3 is 2.26 bits per heavy atom. The van der Waals surface area contributed by atoms with Gasteiger partial charge in [0.2, 0.25) is 5.95 Å². The molecule has 11 heteroatoms. The van der Waals surface area contributed by atoms with Crippen LogP contribution in [0.4, 0.5) is 27.9 Å². The van der Waals surface area contributed by atoms with Crippen LogP contribution in [0.5, 0.6) is 0 Å². The summed E-state index contributed by atoms with van der Waals surface area (Å²) in [5.74, 6) is 2.32. The maximum Gasteiger partial charge on any atom is 0.323 e. The molecule has 6 rings (SSSR count). The van der Waals surface area contributed by atoms with E-state index < -0.39 is 0 Å². The van der Waals surface area contributed by atoms with Gasteiger partial charge in [-0.25, -0.2) is 24.7 Å². The fourth-order valence-corrected chi connectivity index (χ4v) is 4.63. The molecule has 11 nitrogen and oxygen atoms in total. The van der Waals surface area contributed by atoms with Gasteiger partial charge in [-0.1, -0.05) is 0 Å². The number of rotatable bonds is 5. The first-order valence-corrected chi connectivity index (χ1v) is 12.6. The van der Waals surface area contributed by atoms with Crippen LogP contribution in [0.2, 0.25) is 0 Å². The first kappa shape index (κ1) is 23.7. The van der Waals surface area contributed by atoms with Gasteiger partial charge in [-0.05, 0) is 48.9 Å². The van der Waals surface area contributed by atoms with Crippen molar-refractivity contribution in [2.75, 3.05) is 53.3 Å². The van der Waals surface area contributed by atoms with Crippen LogP contribution < -0.4 is 20.4 Å². The van der Waals surface area contributed by atoms with Crippen molar-refractivity contribution in [3.63, 3.8) is 0 Å². The van der Waals surface area contributed by atoms with Gasteiger partial charge in [0, 0.05) is 66.9 Å². The summed E-state index contributed by atoms with van der Waals surface area (Å²) in [5.41, 5.74) is 4.36. The fourth-order valence-electron chi connectivity index (χ4n) is 4.63. The standard InChI is InChI=1S/C27H27N9O2/c37-27(32-21-6-11-28-12-7-21)31-20-4-2-19(3-5-20)24-33-23-18-36(26-29-9-1-10-30-26)13-8-22(23)25(34-24)35-14-16-38-17-15-35/h1-7,9-12H,8,13-18H2,(H2,28,31,32,37). The molecule has 0 radical (unpaired) electrons. The minimum Gasteiger partial charge on any atom is -0.378 e. The second kappa shape index (κ2) is 10.8. The van der Waals surface area contributed by atoms with Crippen molar-refractivity contribution < 1.29 is 9.53 Å². The second-order valence-corrected chi connectivity index (χ2v) is 9.01. The molecule has 1 fully saturated rings. The van der Waals surface area contributed by atoms with Crippen LogP contribution in [-0.2, 0) is 17.7 Å². The van der Waals surface area contributed by atoms with Crippen molar-refractivity contribution in [1.82, 2.24) is 24.9 Å². The molecule has 2 aliphatic heterocycles. The zero-order valence-corrected chi connectivity index (χ0v) is 20.7. The summed E-state index contributed by atoms with van der Waals surface area (Å²) in [6.07, 6.45) is 7.58. The number of carbonyl (C=O) groups excluding carboxylic acids is 1. The second-order valence-electron chi connectivity index (χ2n) is 9.01. The third-order valence-electron chi connectivity index (χ3n) is 6.53. The van der Waals surface area contributed by atoms with Crippen molar-refractivity contribution in [3.8, 4) is 11.4 Å². The van der Waals surface area contributed by atoms with Gasteiger partial charge in [-0.3, -0.25) is 4.98 Å². The Labute approximate surface area is 220 Å². The van der Waals surface area contributed by atoms with Crippen molar-refractivity contribution in [1.29, 1.82) is 0 Å². The highest BCUT2D eigenvalue weighted by Crippen LogP contribution is 2.31. The number of nitrogens with one attached hydrogen (secondary N) is 2. The number of urea groups is 1. The van der Waals surface area contributed by atoms with Gasteiger partial charge in [0.05, 0.1) is 25.5 Å². The Bertz CT molecular complexity index is 1400. The van der Waals surface area contributed by atoms with E-state index in [1.54, 1.807) is 36.9 Å². The van der Waals surface area contributed by atoms with Gasteiger partial charge in [0.15, 0.2) is 5.82 Å². The number of amides is 2. The molecule has 5 heterocycles. The summed E-state index contributed by atoms with van der Waals surface area (Å²) in [6.45, 7) is 4.37. The molecular weight excluding hydrogens is 482 g/mol. The SMILES string of the molecule is O=C(Nc1ccncc1)Nc1ccc(-c2nc3c(c(N4CCOCC4)n2)CCN(c2ncccn2)C3)cc1. The Morgan fingerprint density at radius 1 is 0.816 bits per heavy atom. The molecule has 0 atom stereocenters. The van der Waals surface area contributed by atoms with Gasteiger partial charge < -0.3 is 25.2 Å². The van der Waals surface area contributed by atoms with Gasteiger partial charge in [0.1, 0.15) is 5.82 Å². The highest BCUT2D eigenvalue weighted by atomic mass is 16.5. The van der Waals surface area contributed by atoms with E-state index in [0.717, 1.165) is 43.1 Å². The zero-order valence-electron chi connectivity index (χ0n) is 20.7. The fraction of sp³-hybridized carbons (Fsp3) is 0.259. The number of fused-ring (bicyclic) bond motifs is 1. The molecule has 192 valence electrons. The predicted molar refractivity (Wildman–Crippen MR) is 144 cm³/mol. The third kappa shape index (κ3) is 5.23.